The third kappa shape index (κ3) is 40.6. The zero-order chi connectivity index (χ0) is 38.7. The van der Waals surface area contributed by atoms with E-state index in [0.717, 1.165) is 96.3 Å². The Morgan fingerprint density at radius 3 is 1.21 bits per heavy atom. The van der Waals surface area contributed by atoms with Crippen molar-refractivity contribution in [3.63, 3.8) is 0 Å². The minimum Gasteiger partial charge on any atom is -0.462 e. The standard InChI is InChI=1S/C47H84O6/c1-4-7-10-13-16-19-22-23-24-26-28-31-34-37-40-46(49)52-43-44(42-51-45(48)39-36-33-30-27-21-18-15-12-9-6-3)53-47(50)41-38-35-32-29-25-20-17-14-11-8-5-2/h7,10,15-16,18-19,44H,4-6,8-9,11-14,17,20-43H2,1-3H3/b10-7-,18-15-,19-16-. The molecule has 0 aliphatic rings. The van der Waals surface area contributed by atoms with Crippen LogP contribution in [0.5, 0.6) is 0 Å². The molecule has 0 saturated carbocycles. The maximum absolute atomic E-state index is 12.7. The third-order valence-corrected chi connectivity index (χ3v) is 9.63. The smallest absolute Gasteiger partial charge is 0.306 e. The van der Waals surface area contributed by atoms with Crippen molar-refractivity contribution in [1.82, 2.24) is 0 Å². The minimum absolute atomic E-state index is 0.0782. The second kappa shape index (κ2) is 42.4. The van der Waals surface area contributed by atoms with Gasteiger partial charge in [-0.2, -0.15) is 0 Å². The Bertz CT molecular complexity index is 907. The van der Waals surface area contributed by atoms with Gasteiger partial charge in [-0.25, -0.2) is 0 Å². The maximum Gasteiger partial charge on any atom is 0.306 e. The minimum atomic E-state index is -0.773. The van der Waals surface area contributed by atoms with Gasteiger partial charge >= 0.3 is 17.9 Å². The number of hydrogen-bond donors (Lipinski definition) is 0. The summed E-state index contributed by atoms with van der Waals surface area (Å²) in [6.07, 6.45) is 47.0. The van der Waals surface area contributed by atoms with Crippen LogP contribution in [-0.4, -0.2) is 37.2 Å². The summed E-state index contributed by atoms with van der Waals surface area (Å²) in [5, 5.41) is 0. The van der Waals surface area contributed by atoms with Gasteiger partial charge in [0.1, 0.15) is 13.2 Å². The highest BCUT2D eigenvalue weighted by atomic mass is 16.6. The Morgan fingerprint density at radius 1 is 0.396 bits per heavy atom. The molecule has 0 bridgehead atoms. The van der Waals surface area contributed by atoms with Crippen molar-refractivity contribution in [3.8, 4) is 0 Å². The molecule has 0 aromatic heterocycles. The summed E-state index contributed by atoms with van der Waals surface area (Å²) in [5.74, 6) is -0.899. The lowest BCUT2D eigenvalue weighted by molar-refractivity contribution is -0.167. The van der Waals surface area contributed by atoms with Crippen molar-refractivity contribution >= 4 is 17.9 Å². The Hall–Kier alpha value is -2.37. The zero-order valence-electron chi connectivity index (χ0n) is 35.0. The van der Waals surface area contributed by atoms with Crippen LogP contribution in [0.25, 0.3) is 0 Å². The molecule has 0 aliphatic heterocycles. The summed E-state index contributed by atoms with van der Waals surface area (Å²) in [6, 6.07) is 0. The normalized spacial score (nSPS) is 12.3. The first-order valence-corrected chi connectivity index (χ1v) is 22.5. The van der Waals surface area contributed by atoms with Gasteiger partial charge in [-0.05, 0) is 64.2 Å². The second-order valence-electron chi connectivity index (χ2n) is 14.9. The SMILES string of the molecule is CC/C=C\C/C=C\CCCCCCCCCC(=O)OCC(COC(=O)CCCCCC/C=C\CCCC)OC(=O)CCCCCCCCCCCCC. The molecule has 6 nitrogen and oxygen atoms in total. The van der Waals surface area contributed by atoms with Crippen LogP contribution in [0.4, 0.5) is 0 Å². The maximum atomic E-state index is 12.7. The molecule has 0 rings (SSSR count). The molecule has 6 heteroatoms. The highest BCUT2D eigenvalue weighted by Gasteiger charge is 2.19. The van der Waals surface area contributed by atoms with E-state index in [4.69, 9.17) is 14.2 Å². The number of carbonyl (C=O) groups excluding carboxylic acids is 3. The molecule has 0 radical (unpaired) electrons. The molecule has 0 fully saturated rings. The average molecular weight is 745 g/mol. The highest BCUT2D eigenvalue weighted by Crippen LogP contribution is 2.14. The molecule has 0 aliphatic carbocycles. The number of esters is 3. The van der Waals surface area contributed by atoms with E-state index in [1.165, 1.54) is 89.9 Å². The topological polar surface area (TPSA) is 78.9 Å². The van der Waals surface area contributed by atoms with E-state index in [-0.39, 0.29) is 31.1 Å². The summed E-state index contributed by atoms with van der Waals surface area (Å²) in [7, 11) is 0. The van der Waals surface area contributed by atoms with Crippen LogP contribution in [0.2, 0.25) is 0 Å². The van der Waals surface area contributed by atoms with Crippen LogP contribution in [0.1, 0.15) is 226 Å². The molecule has 0 N–H and O–H groups in total. The van der Waals surface area contributed by atoms with E-state index in [0.29, 0.717) is 19.3 Å². The van der Waals surface area contributed by atoms with Gasteiger partial charge in [0, 0.05) is 19.3 Å². The molecule has 0 aromatic carbocycles. The van der Waals surface area contributed by atoms with Crippen molar-refractivity contribution in [2.45, 2.75) is 232 Å². The van der Waals surface area contributed by atoms with Crippen molar-refractivity contribution in [1.29, 1.82) is 0 Å². The van der Waals surface area contributed by atoms with Gasteiger partial charge in [0.05, 0.1) is 0 Å². The van der Waals surface area contributed by atoms with E-state index in [9.17, 15) is 14.4 Å². The zero-order valence-corrected chi connectivity index (χ0v) is 35.0. The first kappa shape index (κ1) is 50.6. The van der Waals surface area contributed by atoms with Gasteiger partial charge in [0.25, 0.3) is 0 Å². The average Bonchev–Trinajstić information content (AvgIpc) is 3.15. The van der Waals surface area contributed by atoms with E-state index in [2.05, 4.69) is 57.2 Å². The Balaban J connectivity index is 4.36. The van der Waals surface area contributed by atoms with E-state index < -0.39 is 6.10 Å². The van der Waals surface area contributed by atoms with Crippen molar-refractivity contribution in [3.05, 3.63) is 36.5 Å². The van der Waals surface area contributed by atoms with Crippen LogP contribution >= 0.6 is 0 Å². The van der Waals surface area contributed by atoms with Gasteiger partial charge < -0.3 is 14.2 Å². The van der Waals surface area contributed by atoms with Gasteiger partial charge in [-0.3, -0.25) is 14.4 Å². The Labute approximate surface area is 327 Å². The molecule has 0 heterocycles. The van der Waals surface area contributed by atoms with Crippen molar-refractivity contribution in [2.24, 2.45) is 0 Å². The van der Waals surface area contributed by atoms with Crippen LogP contribution in [-0.2, 0) is 28.6 Å². The number of unbranched alkanes of at least 4 members (excludes halogenated alkanes) is 23. The fourth-order valence-corrected chi connectivity index (χ4v) is 6.22. The molecule has 0 spiro atoms. The van der Waals surface area contributed by atoms with Gasteiger partial charge in [0.15, 0.2) is 6.10 Å². The lowest BCUT2D eigenvalue weighted by Gasteiger charge is -2.18. The summed E-state index contributed by atoms with van der Waals surface area (Å²) in [5.41, 5.74) is 0. The number of hydrogen-bond acceptors (Lipinski definition) is 6. The van der Waals surface area contributed by atoms with E-state index in [1.54, 1.807) is 0 Å². The van der Waals surface area contributed by atoms with E-state index >= 15 is 0 Å². The largest absolute Gasteiger partial charge is 0.462 e. The summed E-state index contributed by atoms with van der Waals surface area (Å²) >= 11 is 0. The first-order valence-electron chi connectivity index (χ1n) is 22.5. The summed E-state index contributed by atoms with van der Waals surface area (Å²) in [6.45, 7) is 6.46. The molecule has 308 valence electrons. The van der Waals surface area contributed by atoms with Crippen molar-refractivity contribution < 1.29 is 28.6 Å². The molecule has 0 amide bonds. The number of allylic oxidation sites excluding steroid dienone is 6. The number of ether oxygens (including phenoxy) is 3. The Kier molecular flexibility index (Phi) is 40.5. The van der Waals surface area contributed by atoms with Crippen LogP contribution in [0, 0.1) is 0 Å². The molecule has 53 heavy (non-hydrogen) atoms. The molecule has 0 aromatic rings. The predicted octanol–water partition coefficient (Wildman–Crippen LogP) is 14.2. The number of rotatable bonds is 40. The van der Waals surface area contributed by atoms with Gasteiger partial charge in [0.2, 0.25) is 0 Å². The Morgan fingerprint density at radius 2 is 0.755 bits per heavy atom. The molecule has 0 saturated heterocycles. The van der Waals surface area contributed by atoms with Gasteiger partial charge in [-0.15, -0.1) is 0 Å². The molecular weight excluding hydrogens is 661 g/mol. The molecule has 1 unspecified atom stereocenters. The molecule has 1 atom stereocenters. The lowest BCUT2D eigenvalue weighted by Crippen LogP contribution is -2.30. The summed E-state index contributed by atoms with van der Waals surface area (Å²) in [4.78, 5) is 37.6. The molecular formula is C47H84O6. The van der Waals surface area contributed by atoms with Crippen molar-refractivity contribution in [2.75, 3.05) is 13.2 Å². The quantitative estimate of drug-likeness (QED) is 0.0269. The van der Waals surface area contributed by atoms with Crippen LogP contribution < -0.4 is 0 Å². The first-order chi connectivity index (χ1) is 26.0. The van der Waals surface area contributed by atoms with Crippen LogP contribution in [0.15, 0.2) is 36.5 Å². The second-order valence-corrected chi connectivity index (χ2v) is 14.9. The fraction of sp³-hybridized carbons (Fsp3) is 0.809. The third-order valence-electron chi connectivity index (χ3n) is 9.63. The fourth-order valence-electron chi connectivity index (χ4n) is 6.22. The summed E-state index contributed by atoms with van der Waals surface area (Å²) < 4.78 is 16.7. The lowest BCUT2D eigenvalue weighted by atomic mass is 10.1. The van der Waals surface area contributed by atoms with E-state index in [1.807, 2.05) is 0 Å². The highest BCUT2D eigenvalue weighted by molar-refractivity contribution is 5.71. The van der Waals surface area contributed by atoms with Crippen LogP contribution in [0.3, 0.4) is 0 Å². The van der Waals surface area contributed by atoms with Gasteiger partial charge in [-0.1, -0.05) is 179 Å². The number of carbonyl (C=O) groups is 3. The predicted molar refractivity (Wildman–Crippen MR) is 224 cm³/mol. The monoisotopic (exact) mass is 745 g/mol.